The van der Waals surface area contributed by atoms with Gasteiger partial charge in [0.1, 0.15) is 5.60 Å². The highest BCUT2D eigenvalue weighted by Gasteiger charge is 2.24. The van der Waals surface area contributed by atoms with E-state index in [1.54, 1.807) is 0 Å². The van der Waals surface area contributed by atoms with E-state index in [9.17, 15) is 0 Å². The molecule has 0 aromatic carbocycles. The molecule has 0 bridgehead atoms. The quantitative estimate of drug-likeness (QED) is 0.826. The fourth-order valence-electron chi connectivity index (χ4n) is 1.60. The second-order valence-corrected chi connectivity index (χ2v) is 4.30. The molecule has 1 aromatic rings. The maximum absolute atomic E-state index is 5.66. The normalized spacial score (nSPS) is 11.8. The maximum Gasteiger partial charge on any atom is 0.160 e. The predicted molar refractivity (Wildman–Crippen MR) is 64.2 cm³/mol. The fraction of sp³-hybridized carbons (Fsp3) is 0.667. The lowest BCUT2D eigenvalue weighted by Crippen LogP contribution is -2.26. The monoisotopic (exact) mass is 223 g/mol. The average Bonchev–Trinajstić information content (AvgIpc) is 2.17. The van der Waals surface area contributed by atoms with Crippen molar-refractivity contribution in [3.05, 3.63) is 23.3 Å². The van der Waals surface area contributed by atoms with Crippen molar-refractivity contribution in [1.29, 1.82) is 0 Å². The third kappa shape index (κ3) is 3.25. The fourth-order valence-corrected chi connectivity index (χ4v) is 1.60. The van der Waals surface area contributed by atoms with Gasteiger partial charge in [0.15, 0.2) is 5.82 Å². The van der Waals surface area contributed by atoms with Crippen LogP contribution in [-0.4, -0.2) is 23.6 Å². The largest absolute Gasteiger partial charge is 0.368 e. The van der Waals surface area contributed by atoms with Gasteiger partial charge in [0, 0.05) is 18.8 Å². The number of hydrogen-bond acceptors (Lipinski definition) is 4. The molecule has 0 saturated heterocycles. The topological polar surface area (TPSA) is 47.0 Å². The lowest BCUT2D eigenvalue weighted by Gasteiger charge is -2.23. The van der Waals surface area contributed by atoms with Crippen LogP contribution in [-0.2, 0) is 16.9 Å². The lowest BCUT2D eigenvalue weighted by molar-refractivity contribution is -0.0210. The van der Waals surface area contributed by atoms with Crippen LogP contribution in [0.4, 0.5) is 0 Å². The summed E-state index contributed by atoms with van der Waals surface area (Å²) in [5.41, 5.74) is 1.55. The van der Waals surface area contributed by atoms with Crippen LogP contribution in [0.1, 0.15) is 38.0 Å². The van der Waals surface area contributed by atoms with Crippen molar-refractivity contribution in [3.8, 4) is 0 Å². The third-order valence-corrected chi connectivity index (χ3v) is 2.31. The molecule has 4 nitrogen and oxygen atoms in total. The molecule has 16 heavy (non-hydrogen) atoms. The molecule has 1 N–H and O–H groups in total. The number of ether oxygens (including phenoxy) is 1. The van der Waals surface area contributed by atoms with Crippen molar-refractivity contribution in [1.82, 2.24) is 15.3 Å². The second-order valence-electron chi connectivity index (χ2n) is 4.30. The second kappa shape index (κ2) is 5.37. The maximum atomic E-state index is 5.66. The van der Waals surface area contributed by atoms with Crippen molar-refractivity contribution in [2.75, 3.05) is 13.7 Å². The molecule has 0 fully saturated rings. The van der Waals surface area contributed by atoms with Gasteiger partial charge in [0.05, 0.1) is 5.69 Å². The summed E-state index contributed by atoms with van der Waals surface area (Å²) >= 11 is 0. The van der Waals surface area contributed by atoms with Crippen molar-refractivity contribution >= 4 is 0 Å². The van der Waals surface area contributed by atoms with Crippen molar-refractivity contribution in [3.63, 3.8) is 0 Å². The minimum absolute atomic E-state index is 0.427. The van der Waals surface area contributed by atoms with Crippen molar-refractivity contribution in [2.24, 2.45) is 0 Å². The summed E-state index contributed by atoms with van der Waals surface area (Å²) in [6.07, 6.45) is 0. The van der Waals surface area contributed by atoms with Gasteiger partial charge in [0.25, 0.3) is 0 Å². The first-order valence-electron chi connectivity index (χ1n) is 5.63. The van der Waals surface area contributed by atoms with Crippen LogP contribution in [0.5, 0.6) is 0 Å². The number of rotatable bonds is 5. The zero-order chi connectivity index (χ0) is 12.2. The molecule has 90 valence electrons. The summed E-state index contributed by atoms with van der Waals surface area (Å²) in [4.78, 5) is 8.96. The van der Waals surface area contributed by atoms with Gasteiger partial charge in [-0.1, -0.05) is 0 Å². The molecule has 0 amide bonds. The van der Waals surface area contributed by atoms with Gasteiger partial charge in [-0.15, -0.1) is 0 Å². The number of aromatic nitrogens is 2. The predicted octanol–water partition coefficient (Wildman–Crippen LogP) is 1.78. The molecule has 0 unspecified atom stereocenters. The molecule has 0 aliphatic heterocycles. The van der Waals surface area contributed by atoms with Crippen LogP contribution in [0.2, 0.25) is 0 Å². The molecule has 0 saturated carbocycles. The first-order chi connectivity index (χ1) is 7.49. The Bertz CT molecular complexity index is 350. The highest BCUT2D eigenvalue weighted by molar-refractivity contribution is 5.13. The van der Waals surface area contributed by atoms with Gasteiger partial charge in [-0.3, -0.25) is 0 Å². The zero-order valence-electron chi connectivity index (χ0n) is 10.8. The van der Waals surface area contributed by atoms with Gasteiger partial charge in [-0.2, -0.15) is 0 Å². The van der Waals surface area contributed by atoms with Crippen LogP contribution in [0, 0.1) is 6.92 Å². The van der Waals surface area contributed by atoms with E-state index in [1.165, 1.54) is 0 Å². The number of nitrogens with zero attached hydrogens (tertiary/aromatic N) is 2. The molecule has 0 aliphatic rings. The third-order valence-electron chi connectivity index (χ3n) is 2.31. The molecule has 0 aliphatic carbocycles. The summed E-state index contributed by atoms with van der Waals surface area (Å²) in [6, 6.07) is 1.99. The highest BCUT2D eigenvalue weighted by atomic mass is 16.5. The van der Waals surface area contributed by atoms with E-state index >= 15 is 0 Å². The Morgan fingerprint density at radius 2 is 2.06 bits per heavy atom. The van der Waals surface area contributed by atoms with E-state index < -0.39 is 5.60 Å². The van der Waals surface area contributed by atoms with E-state index in [0.717, 1.165) is 23.8 Å². The van der Waals surface area contributed by atoms with Gasteiger partial charge in [-0.25, -0.2) is 9.97 Å². The van der Waals surface area contributed by atoms with E-state index in [0.29, 0.717) is 6.61 Å². The molecule has 1 aromatic heterocycles. The summed E-state index contributed by atoms with van der Waals surface area (Å²) in [7, 11) is 1.91. The minimum atomic E-state index is -0.427. The van der Waals surface area contributed by atoms with E-state index in [-0.39, 0.29) is 0 Å². The first-order valence-corrected chi connectivity index (χ1v) is 5.63. The number of hydrogen-bond donors (Lipinski definition) is 1. The number of nitrogens with one attached hydrogen (secondary N) is 1. The molecular formula is C12H21N3O. The average molecular weight is 223 g/mol. The van der Waals surface area contributed by atoms with Crippen LogP contribution in [0.15, 0.2) is 6.07 Å². The van der Waals surface area contributed by atoms with Crippen molar-refractivity contribution < 1.29 is 4.74 Å². The Hall–Kier alpha value is -1.00. The molecule has 0 spiro atoms. The van der Waals surface area contributed by atoms with Gasteiger partial charge >= 0.3 is 0 Å². The molecule has 4 heteroatoms. The van der Waals surface area contributed by atoms with E-state index in [4.69, 9.17) is 4.74 Å². The Morgan fingerprint density at radius 3 is 2.62 bits per heavy atom. The van der Waals surface area contributed by atoms with Gasteiger partial charge < -0.3 is 10.1 Å². The summed E-state index contributed by atoms with van der Waals surface area (Å²) in [5, 5.41) is 3.09. The molecule has 1 heterocycles. The van der Waals surface area contributed by atoms with Crippen LogP contribution >= 0.6 is 0 Å². The summed E-state index contributed by atoms with van der Waals surface area (Å²) in [5.74, 6) is 0.750. The SMILES string of the molecule is CCOC(C)(C)c1nc(C)cc(CNC)n1. The van der Waals surface area contributed by atoms with Crippen LogP contribution in [0.3, 0.4) is 0 Å². The highest BCUT2D eigenvalue weighted by Crippen LogP contribution is 2.21. The lowest BCUT2D eigenvalue weighted by atomic mass is 10.1. The first kappa shape index (κ1) is 13.1. The van der Waals surface area contributed by atoms with E-state index in [2.05, 4.69) is 15.3 Å². The summed E-state index contributed by atoms with van der Waals surface area (Å²) in [6.45, 7) is 9.35. The van der Waals surface area contributed by atoms with Gasteiger partial charge in [-0.05, 0) is 40.8 Å². The van der Waals surface area contributed by atoms with E-state index in [1.807, 2.05) is 40.8 Å². The molecular weight excluding hydrogens is 202 g/mol. The van der Waals surface area contributed by atoms with Crippen molar-refractivity contribution in [2.45, 2.75) is 39.8 Å². The minimum Gasteiger partial charge on any atom is -0.368 e. The Kier molecular flexibility index (Phi) is 4.38. The molecule has 0 radical (unpaired) electrons. The Labute approximate surface area is 97.5 Å². The summed E-state index contributed by atoms with van der Waals surface area (Å²) < 4.78 is 5.66. The van der Waals surface area contributed by atoms with Gasteiger partial charge in [0.2, 0.25) is 0 Å². The zero-order valence-corrected chi connectivity index (χ0v) is 10.8. The molecule has 0 atom stereocenters. The number of aryl methyl sites for hydroxylation is 1. The Balaban J connectivity index is 3.03. The smallest absolute Gasteiger partial charge is 0.160 e. The standard InChI is InChI=1S/C12H21N3O/c1-6-16-12(3,4)11-14-9(2)7-10(15-11)8-13-5/h7,13H,6,8H2,1-5H3. The van der Waals surface area contributed by atoms with Crippen LogP contribution < -0.4 is 5.32 Å². The van der Waals surface area contributed by atoms with Crippen LogP contribution in [0.25, 0.3) is 0 Å². The molecule has 1 rings (SSSR count). The Morgan fingerprint density at radius 1 is 1.38 bits per heavy atom.